The molecule has 3 saturated heterocycles. The quantitative estimate of drug-likeness (QED) is 0.802. The highest BCUT2D eigenvalue weighted by molar-refractivity contribution is 5.89. The molecule has 1 N–H and O–H groups in total. The molecular weight excluding hydrogens is 348 g/mol. The number of nitrogens with zero attached hydrogens (tertiary/aromatic N) is 3. The molecule has 3 aliphatic rings. The summed E-state index contributed by atoms with van der Waals surface area (Å²) in [7, 11) is 0. The van der Waals surface area contributed by atoms with Gasteiger partial charge in [-0.15, -0.1) is 0 Å². The second-order valence-electron chi connectivity index (χ2n) is 7.61. The van der Waals surface area contributed by atoms with E-state index < -0.39 is 0 Å². The van der Waals surface area contributed by atoms with E-state index in [2.05, 4.69) is 10.3 Å². The molecule has 3 fully saturated rings. The first kappa shape index (κ1) is 17.9. The lowest BCUT2D eigenvalue weighted by Gasteiger charge is -2.44. The number of carbonyl (C=O) groups is 3. The maximum Gasteiger partial charge on any atom is 0.246 e. The van der Waals surface area contributed by atoms with Crippen molar-refractivity contribution in [2.45, 2.75) is 31.4 Å². The van der Waals surface area contributed by atoms with Gasteiger partial charge in [0.1, 0.15) is 6.61 Å². The van der Waals surface area contributed by atoms with E-state index in [4.69, 9.17) is 4.74 Å². The van der Waals surface area contributed by atoms with Crippen LogP contribution in [-0.2, 0) is 25.7 Å². The summed E-state index contributed by atoms with van der Waals surface area (Å²) in [6, 6.07) is 3.78. The van der Waals surface area contributed by atoms with Crippen molar-refractivity contribution >= 4 is 17.7 Å². The van der Waals surface area contributed by atoms with Crippen molar-refractivity contribution in [3.05, 3.63) is 30.1 Å². The SMILES string of the molecule is O=C1COC2(CCN(C(=O)C3CC(=O)N(Cc4cccnc4)C3)CC2)CN1. The summed E-state index contributed by atoms with van der Waals surface area (Å²) in [5, 5.41) is 2.85. The molecule has 3 aliphatic heterocycles. The fraction of sp³-hybridized carbons (Fsp3) is 0.579. The van der Waals surface area contributed by atoms with E-state index in [-0.39, 0.29) is 42.3 Å². The summed E-state index contributed by atoms with van der Waals surface area (Å²) >= 11 is 0. The number of rotatable bonds is 3. The summed E-state index contributed by atoms with van der Waals surface area (Å²) in [4.78, 5) is 44.2. The number of likely N-dealkylation sites (tertiary alicyclic amines) is 2. The Morgan fingerprint density at radius 2 is 2.15 bits per heavy atom. The zero-order chi connectivity index (χ0) is 18.9. The van der Waals surface area contributed by atoms with Gasteiger partial charge in [-0.2, -0.15) is 0 Å². The number of carbonyl (C=O) groups excluding carboxylic acids is 3. The standard InChI is InChI=1S/C19H24N4O4/c24-16-12-27-19(13-21-16)3-6-22(7-4-19)18(26)15-8-17(25)23(11-15)10-14-2-1-5-20-9-14/h1-2,5,9,15H,3-4,6-8,10-13H2,(H,21,24). The van der Waals surface area contributed by atoms with Crippen LogP contribution in [0.15, 0.2) is 24.5 Å². The fourth-order valence-corrected chi connectivity index (χ4v) is 4.10. The molecule has 0 aliphatic carbocycles. The van der Waals surface area contributed by atoms with Gasteiger partial charge < -0.3 is 19.9 Å². The minimum atomic E-state index is -0.345. The minimum Gasteiger partial charge on any atom is -0.363 e. The number of ether oxygens (including phenoxy) is 1. The second-order valence-corrected chi connectivity index (χ2v) is 7.61. The van der Waals surface area contributed by atoms with Crippen molar-refractivity contribution < 1.29 is 19.1 Å². The van der Waals surface area contributed by atoms with Crippen molar-refractivity contribution in [3.63, 3.8) is 0 Å². The van der Waals surface area contributed by atoms with Crippen LogP contribution < -0.4 is 5.32 Å². The van der Waals surface area contributed by atoms with E-state index in [9.17, 15) is 14.4 Å². The molecule has 144 valence electrons. The molecule has 1 spiro atoms. The Labute approximate surface area is 157 Å². The lowest BCUT2D eigenvalue weighted by atomic mass is 9.89. The Kier molecular flexibility index (Phi) is 4.82. The maximum absolute atomic E-state index is 12.9. The van der Waals surface area contributed by atoms with Crippen LogP contribution in [-0.4, -0.2) is 70.9 Å². The number of piperidine rings is 1. The van der Waals surface area contributed by atoms with Gasteiger partial charge in [0.2, 0.25) is 17.7 Å². The summed E-state index contributed by atoms with van der Waals surface area (Å²) in [5.74, 6) is -0.303. The first-order chi connectivity index (χ1) is 13.0. The average Bonchev–Trinajstić information content (AvgIpc) is 3.06. The normalized spacial score (nSPS) is 25.0. The zero-order valence-corrected chi connectivity index (χ0v) is 15.2. The van der Waals surface area contributed by atoms with Gasteiger partial charge in [0, 0.05) is 51.5 Å². The number of amides is 3. The molecule has 4 rings (SSSR count). The van der Waals surface area contributed by atoms with Crippen LogP contribution in [0.25, 0.3) is 0 Å². The Hall–Kier alpha value is -2.48. The number of morpholine rings is 1. The van der Waals surface area contributed by atoms with Crippen LogP contribution in [0.2, 0.25) is 0 Å². The third-order valence-electron chi connectivity index (χ3n) is 5.76. The van der Waals surface area contributed by atoms with Crippen LogP contribution in [0.5, 0.6) is 0 Å². The van der Waals surface area contributed by atoms with E-state index in [0.717, 1.165) is 5.56 Å². The molecular formula is C19H24N4O4. The molecule has 4 heterocycles. The highest BCUT2D eigenvalue weighted by Crippen LogP contribution is 2.30. The molecule has 0 aromatic carbocycles. The van der Waals surface area contributed by atoms with Gasteiger partial charge in [-0.05, 0) is 24.5 Å². The van der Waals surface area contributed by atoms with Gasteiger partial charge >= 0.3 is 0 Å². The molecule has 27 heavy (non-hydrogen) atoms. The Morgan fingerprint density at radius 1 is 1.33 bits per heavy atom. The largest absolute Gasteiger partial charge is 0.363 e. The van der Waals surface area contributed by atoms with Crippen LogP contribution in [0.3, 0.4) is 0 Å². The van der Waals surface area contributed by atoms with E-state index in [1.165, 1.54) is 0 Å². The van der Waals surface area contributed by atoms with Crippen molar-refractivity contribution in [1.29, 1.82) is 0 Å². The topological polar surface area (TPSA) is 91.8 Å². The van der Waals surface area contributed by atoms with E-state index >= 15 is 0 Å². The first-order valence-electron chi connectivity index (χ1n) is 9.41. The Morgan fingerprint density at radius 3 is 2.81 bits per heavy atom. The van der Waals surface area contributed by atoms with Crippen LogP contribution >= 0.6 is 0 Å². The van der Waals surface area contributed by atoms with Crippen molar-refractivity contribution in [3.8, 4) is 0 Å². The maximum atomic E-state index is 12.9. The van der Waals surface area contributed by atoms with Gasteiger partial charge in [0.25, 0.3) is 0 Å². The number of hydrogen-bond acceptors (Lipinski definition) is 5. The second kappa shape index (κ2) is 7.26. The predicted molar refractivity (Wildman–Crippen MR) is 95.3 cm³/mol. The summed E-state index contributed by atoms with van der Waals surface area (Å²) < 4.78 is 5.75. The Balaban J connectivity index is 1.31. The van der Waals surface area contributed by atoms with E-state index in [1.807, 2.05) is 17.0 Å². The molecule has 1 atom stereocenters. The number of aromatic nitrogens is 1. The smallest absolute Gasteiger partial charge is 0.246 e. The molecule has 8 heteroatoms. The fourth-order valence-electron chi connectivity index (χ4n) is 4.10. The van der Waals surface area contributed by atoms with Gasteiger partial charge in [-0.25, -0.2) is 0 Å². The molecule has 0 radical (unpaired) electrons. The van der Waals surface area contributed by atoms with E-state index in [1.54, 1.807) is 17.3 Å². The molecule has 3 amide bonds. The molecule has 0 bridgehead atoms. The molecule has 1 aromatic rings. The molecule has 0 saturated carbocycles. The highest BCUT2D eigenvalue weighted by Gasteiger charge is 2.42. The lowest BCUT2D eigenvalue weighted by Crippen LogP contribution is -2.58. The Bertz CT molecular complexity index is 718. The third kappa shape index (κ3) is 3.80. The summed E-state index contributed by atoms with van der Waals surface area (Å²) in [6.45, 7) is 2.75. The zero-order valence-electron chi connectivity index (χ0n) is 15.2. The third-order valence-corrected chi connectivity index (χ3v) is 5.76. The lowest BCUT2D eigenvalue weighted by molar-refractivity contribution is -0.156. The molecule has 1 unspecified atom stereocenters. The summed E-state index contributed by atoms with van der Waals surface area (Å²) in [6.07, 6.45) is 5.13. The minimum absolute atomic E-state index is 0.0176. The average molecular weight is 372 g/mol. The van der Waals surface area contributed by atoms with Crippen LogP contribution in [0.4, 0.5) is 0 Å². The summed E-state index contributed by atoms with van der Waals surface area (Å²) in [5.41, 5.74) is 0.623. The van der Waals surface area contributed by atoms with Gasteiger partial charge in [-0.3, -0.25) is 19.4 Å². The van der Waals surface area contributed by atoms with Crippen molar-refractivity contribution in [2.24, 2.45) is 5.92 Å². The predicted octanol–water partition coefficient (Wildman–Crippen LogP) is -0.0623. The highest BCUT2D eigenvalue weighted by atomic mass is 16.5. The van der Waals surface area contributed by atoms with Crippen molar-refractivity contribution in [2.75, 3.05) is 32.8 Å². The number of pyridine rings is 1. The van der Waals surface area contributed by atoms with Gasteiger partial charge in [0.15, 0.2) is 0 Å². The van der Waals surface area contributed by atoms with Crippen LogP contribution in [0.1, 0.15) is 24.8 Å². The van der Waals surface area contributed by atoms with E-state index in [0.29, 0.717) is 45.6 Å². The van der Waals surface area contributed by atoms with Gasteiger partial charge in [-0.1, -0.05) is 6.07 Å². The van der Waals surface area contributed by atoms with Crippen molar-refractivity contribution in [1.82, 2.24) is 20.1 Å². The molecule has 8 nitrogen and oxygen atoms in total. The molecule has 1 aromatic heterocycles. The van der Waals surface area contributed by atoms with Crippen LogP contribution in [0, 0.1) is 5.92 Å². The number of nitrogens with one attached hydrogen (secondary N) is 1. The number of hydrogen-bond donors (Lipinski definition) is 1. The van der Waals surface area contributed by atoms with Gasteiger partial charge in [0.05, 0.1) is 11.5 Å². The first-order valence-corrected chi connectivity index (χ1v) is 9.41. The monoisotopic (exact) mass is 372 g/mol.